The fourth-order valence-electron chi connectivity index (χ4n) is 1.73. The van der Waals surface area contributed by atoms with Crippen LogP contribution in [0, 0.1) is 0 Å². The van der Waals surface area contributed by atoms with Crippen molar-refractivity contribution in [2.45, 2.75) is 6.10 Å². The molecule has 7 heteroatoms. The number of pyridine rings is 1. The molecule has 1 aromatic rings. The van der Waals surface area contributed by atoms with Crippen LogP contribution in [0.15, 0.2) is 12.1 Å². The number of nitrogens with zero attached hydrogens (tertiary/aromatic N) is 2. The van der Waals surface area contributed by atoms with E-state index in [1.807, 2.05) is 0 Å². The van der Waals surface area contributed by atoms with Crippen molar-refractivity contribution in [2.75, 3.05) is 26.3 Å². The lowest BCUT2D eigenvalue weighted by molar-refractivity contribution is -0.0448. The first-order valence-electron chi connectivity index (χ1n) is 5.45. The molecule has 98 valence electrons. The van der Waals surface area contributed by atoms with Crippen LogP contribution in [0.2, 0.25) is 10.2 Å². The second-order valence-electron chi connectivity index (χ2n) is 3.89. The molecule has 1 aliphatic rings. The Labute approximate surface area is 114 Å². The highest BCUT2D eigenvalue weighted by atomic mass is 35.5. The molecule has 1 N–H and O–H groups in total. The van der Waals surface area contributed by atoms with Gasteiger partial charge in [-0.2, -0.15) is 0 Å². The Kier molecular flexibility index (Phi) is 4.40. The molecule has 2 heterocycles. The molecule has 0 saturated carbocycles. The molecular weight excluding hydrogens is 279 g/mol. The van der Waals surface area contributed by atoms with Gasteiger partial charge in [0, 0.05) is 13.1 Å². The van der Waals surface area contributed by atoms with Gasteiger partial charge in [0.05, 0.1) is 24.3 Å². The van der Waals surface area contributed by atoms with E-state index in [0.717, 1.165) is 0 Å². The van der Waals surface area contributed by atoms with Gasteiger partial charge in [0.25, 0.3) is 5.91 Å². The number of rotatable bonds is 2. The van der Waals surface area contributed by atoms with Gasteiger partial charge in [-0.3, -0.25) is 4.79 Å². The number of amides is 1. The van der Waals surface area contributed by atoms with Crippen LogP contribution >= 0.6 is 23.2 Å². The third-order valence-electron chi connectivity index (χ3n) is 2.64. The number of aromatic nitrogens is 1. The van der Waals surface area contributed by atoms with Crippen LogP contribution in [-0.2, 0) is 4.74 Å². The predicted molar refractivity (Wildman–Crippen MR) is 67.0 cm³/mol. The summed E-state index contributed by atoms with van der Waals surface area (Å²) in [5.41, 5.74) is 0.128. The van der Waals surface area contributed by atoms with Gasteiger partial charge in [0.15, 0.2) is 0 Å². The number of aliphatic hydroxyl groups excluding tert-OH is 1. The minimum absolute atomic E-state index is 0.125. The van der Waals surface area contributed by atoms with Gasteiger partial charge in [-0.15, -0.1) is 0 Å². The zero-order valence-corrected chi connectivity index (χ0v) is 11.0. The summed E-state index contributed by atoms with van der Waals surface area (Å²) in [7, 11) is 0. The van der Waals surface area contributed by atoms with Crippen LogP contribution < -0.4 is 0 Å². The largest absolute Gasteiger partial charge is 0.394 e. The van der Waals surface area contributed by atoms with Gasteiger partial charge in [0.2, 0.25) is 0 Å². The van der Waals surface area contributed by atoms with Crippen molar-refractivity contribution in [1.82, 2.24) is 9.88 Å². The number of halogens is 2. The summed E-state index contributed by atoms with van der Waals surface area (Å²) < 4.78 is 5.27. The molecule has 1 atom stereocenters. The third-order valence-corrected chi connectivity index (χ3v) is 3.16. The van der Waals surface area contributed by atoms with Crippen molar-refractivity contribution in [2.24, 2.45) is 0 Å². The van der Waals surface area contributed by atoms with E-state index in [1.165, 1.54) is 12.1 Å². The fourth-order valence-corrected chi connectivity index (χ4v) is 2.07. The van der Waals surface area contributed by atoms with Crippen molar-refractivity contribution >= 4 is 29.1 Å². The van der Waals surface area contributed by atoms with Crippen LogP contribution in [-0.4, -0.2) is 53.3 Å². The minimum atomic E-state index is -0.361. The molecule has 0 radical (unpaired) electrons. The third kappa shape index (κ3) is 2.92. The Morgan fingerprint density at radius 3 is 3.06 bits per heavy atom. The van der Waals surface area contributed by atoms with Crippen molar-refractivity contribution in [3.63, 3.8) is 0 Å². The lowest BCUT2D eigenvalue weighted by atomic mass is 10.2. The van der Waals surface area contributed by atoms with Crippen molar-refractivity contribution in [3.05, 3.63) is 28.0 Å². The Bertz CT molecular complexity index is 456. The van der Waals surface area contributed by atoms with E-state index in [0.29, 0.717) is 19.7 Å². The highest BCUT2D eigenvalue weighted by Crippen LogP contribution is 2.19. The molecule has 1 fully saturated rings. The highest BCUT2D eigenvalue weighted by molar-refractivity contribution is 6.34. The SMILES string of the molecule is O=C(c1nc(Cl)ccc1Cl)N1CCOC(CO)C1. The van der Waals surface area contributed by atoms with Crippen LogP contribution in [0.4, 0.5) is 0 Å². The van der Waals surface area contributed by atoms with Gasteiger partial charge in [-0.25, -0.2) is 4.98 Å². The fraction of sp³-hybridized carbons (Fsp3) is 0.455. The van der Waals surface area contributed by atoms with Gasteiger partial charge in [-0.05, 0) is 12.1 Å². The zero-order valence-electron chi connectivity index (χ0n) is 9.47. The Morgan fingerprint density at radius 2 is 2.33 bits per heavy atom. The van der Waals surface area contributed by atoms with E-state index in [-0.39, 0.29) is 34.5 Å². The average molecular weight is 291 g/mol. The first-order valence-corrected chi connectivity index (χ1v) is 6.21. The maximum Gasteiger partial charge on any atom is 0.274 e. The lowest BCUT2D eigenvalue weighted by Crippen LogP contribution is -2.47. The molecule has 1 aliphatic heterocycles. The molecule has 0 spiro atoms. The number of carbonyl (C=O) groups excluding carboxylic acids is 1. The van der Waals surface area contributed by atoms with Crippen molar-refractivity contribution in [1.29, 1.82) is 0 Å². The summed E-state index contributed by atoms with van der Waals surface area (Å²) in [6.07, 6.45) is -0.361. The zero-order chi connectivity index (χ0) is 13.1. The van der Waals surface area contributed by atoms with Gasteiger partial charge in [-0.1, -0.05) is 23.2 Å². The standard InChI is InChI=1S/C11H12Cl2N2O3/c12-8-1-2-9(13)14-10(8)11(17)15-3-4-18-7(5-15)6-16/h1-2,7,16H,3-6H2. The maximum absolute atomic E-state index is 12.2. The normalized spacial score (nSPS) is 19.9. The molecule has 1 unspecified atom stereocenters. The molecule has 1 amide bonds. The molecule has 2 rings (SSSR count). The second-order valence-corrected chi connectivity index (χ2v) is 4.69. The van der Waals surface area contributed by atoms with E-state index in [4.69, 9.17) is 33.0 Å². The molecule has 18 heavy (non-hydrogen) atoms. The first-order chi connectivity index (χ1) is 8.61. The second kappa shape index (κ2) is 5.84. The molecule has 1 saturated heterocycles. The number of morpholine rings is 1. The molecular formula is C11H12Cl2N2O3. The smallest absolute Gasteiger partial charge is 0.274 e. The average Bonchev–Trinajstić information content (AvgIpc) is 2.41. The van der Waals surface area contributed by atoms with Crippen LogP contribution in [0.25, 0.3) is 0 Å². The number of hydrogen-bond donors (Lipinski definition) is 1. The molecule has 0 bridgehead atoms. The van der Waals surface area contributed by atoms with Crippen molar-refractivity contribution in [3.8, 4) is 0 Å². The van der Waals surface area contributed by atoms with Gasteiger partial charge in [0.1, 0.15) is 10.8 Å². The summed E-state index contributed by atoms with van der Waals surface area (Å²) in [5.74, 6) is -0.302. The van der Waals surface area contributed by atoms with E-state index < -0.39 is 0 Å². The highest BCUT2D eigenvalue weighted by Gasteiger charge is 2.26. The molecule has 1 aromatic heterocycles. The topological polar surface area (TPSA) is 62.7 Å². The van der Waals surface area contributed by atoms with E-state index in [2.05, 4.69) is 4.98 Å². The van der Waals surface area contributed by atoms with E-state index >= 15 is 0 Å². The molecule has 0 aliphatic carbocycles. The monoisotopic (exact) mass is 290 g/mol. The summed E-state index contributed by atoms with van der Waals surface area (Å²) >= 11 is 11.7. The Morgan fingerprint density at radius 1 is 1.56 bits per heavy atom. The minimum Gasteiger partial charge on any atom is -0.394 e. The summed E-state index contributed by atoms with van der Waals surface area (Å²) in [5, 5.41) is 9.51. The predicted octanol–water partition coefficient (Wildman–Crippen LogP) is 1.22. The van der Waals surface area contributed by atoms with Crippen LogP contribution in [0.3, 0.4) is 0 Å². The molecule has 5 nitrogen and oxygen atoms in total. The maximum atomic E-state index is 12.2. The Balaban J connectivity index is 2.17. The number of carbonyl (C=O) groups is 1. The van der Waals surface area contributed by atoms with Crippen LogP contribution in [0.1, 0.15) is 10.5 Å². The summed E-state index contributed by atoms with van der Waals surface area (Å²) in [4.78, 5) is 17.7. The molecule has 0 aromatic carbocycles. The van der Waals surface area contributed by atoms with Gasteiger partial charge < -0.3 is 14.7 Å². The Hall–Kier alpha value is -0.880. The summed E-state index contributed by atoms with van der Waals surface area (Å²) in [6.45, 7) is 1.02. The number of aliphatic hydroxyl groups is 1. The van der Waals surface area contributed by atoms with Crippen LogP contribution in [0.5, 0.6) is 0 Å². The summed E-state index contributed by atoms with van der Waals surface area (Å²) in [6, 6.07) is 3.06. The quantitative estimate of drug-likeness (QED) is 0.832. The van der Waals surface area contributed by atoms with E-state index in [1.54, 1.807) is 4.90 Å². The lowest BCUT2D eigenvalue weighted by Gasteiger charge is -2.31. The van der Waals surface area contributed by atoms with Crippen molar-refractivity contribution < 1.29 is 14.6 Å². The first kappa shape index (κ1) is 13.5. The van der Waals surface area contributed by atoms with Gasteiger partial charge >= 0.3 is 0 Å². The number of hydrogen-bond acceptors (Lipinski definition) is 4. The number of ether oxygens (including phenoxy) is 1. The van der Waals surface area contributed by atoms with E-state index in [9.17, 15) is 4.79 Å².